The predicted octanol–water partition coefficient (Wildman–Crippen LogP) is 5.73. The molecule has 0 spiro atoms. The number of hydrogen-bond donors (Lipinski definition) is 0. The van der Waals surface area contributed by atoms with E-state index >= 15 is 0 Å². The van der Waals surface area contributed by atoms with Crippen molar-refractivity contribution >= 4 is 45.7 Å². The van der Waals surface area contributed by atoms with Crippen LogP contribution in [0.2, 0.25) is 0 Å². The zero-order chi connectivity index (χ0) is 14.2. The molecule has 0 radical (unpaired) electrons. The van der Waals surface area contributed by atoms with Crippen molar-refractivity contribution in [1.29, 1.82) is 0 Å². The number of para-hydroxylation sites is 1. The normalized spacial score (nSPS) is 11.8. The smallest absolute Gasteiger partial charge is 0.232 e. The molecule has 0 bridgehead atoms. The van der Waals surface area contributed by atoms with E-state index in [1.54, 1.807) is 0 Å². The van der Waals surface area contributed by atoms with Gasteiger partial charge in [-0.25, -0.2) is 4.98 Å². The van der Waals surface area contributed by atoms with Crippen LogP contribution in [0.25, 0.3) is 22.0 Å². The van der Waals surface area contributed by atoms with Crippen molar-refractivity contribution in [3.8, 4) is 11.1 Å². The lowest BCUT2D eigenvalue weighted by Gasteiger charge is -2.14. The van der Waals surface area contributed by atoms with Crippen LogP contribution in [0.1, 0.15) is 5.69 Å². The minimum atomic E-state index is -1.53. The summed E-state index contributed by atoms with van der Waals surface area (Å²) in [6, 6.07) is 19.7. The lowest BCUT2D eigenvalue weighted by molar-refractivity contribution is 1.12. The van der Waals surface area contributed by atoms with Crippen LogP contribution in [0.3, 0.4) is 0 Å². The molecule has 0 N–H and O–H groups in total. The number of rotatable bonds is 1. The highest BCUT2D eigenvalue weighted by molar-refractivity contribution is 6.66. The van der Waals surface area contributed by atoms with Crippen molar-refractivity contribution in [1.82, 2.24) is 4.98 Å². The molecule has 4 heteroatoms. The van der Waals surface area contributed by atoms with Crippen molar-refractivity contribution in [3.05, 3.63) is 66.4 Å². The molecule has 3 aromatic rings. The maximum absolute atomic E-state index is 5.99. The SMILES string of the molecule is ClC(Cl)(Cl)c1cc(-c2ccccc2)c2ccccc2n1. The second kappa shape index (κ2) is 5.25. The Morgan fingerprint density at radius 1 is 0.800 bits per heavy atom. The topological polar surface area (TPSA) is 12.9 Å². The Labute approximate surface area is 132 Å². The number of fused-ring (bicyclic) bond motifs is 1. The molecule has 0 fully saturated rings. The molecule has 3 rings (SSSR count). The summed E-state index contributed by atoms with van der Waals surface area (Å²) in [4.78, 5) is 4.44. The Kier molecular flexibility index (Phi) is 3.59. The first-order valence-corrected chi connectivity index (χ1v) is 7.21. The van der Waals surface area contributed by atoms with Gasteiger partial charge < -0.3 is 0 Å². The maximum atomic E-state index is 5.99. The van der Waals surface area contributed by atoms with Crippen LogP contribution in [-0.4, -0.2) is 4.98 Å². The van der Waals surface area contributed by atoms with E-state index < -0.39 is 3.79 Å². The molecule has 0 aliphatic rings. The molecule has 20 heavy (non-hydrogen) atoms. The molecule has 0 atom stereocenters. The van der Waals surface area contributed by atoms with Crippen LogP contribution in [0.4, 0.5) is 0 Å². The molecule has 1 aromatic heterocycles. The second-order valence-corrected chi connectivity index (χ2v) is 6.72. The largest absolute Gasteiger partial charge is 0.248 e. The monoisotopic (exact) mass is 321 g/mol. The summed E-state index contributed by atoms with van der Waals surface area (Å²) < 4.78 is -1.53. The third-order valence-electron chi connectivity index (χ3n) is 3.09. The summed E-state index contributed by atoms with van der Waals surface area (Å²) in [5.41, 5.74) is 3.33. The van der Waals surface area contributed by atoms with Crippen LogP contribution in [0.5, 0.6) is 0 Å². The molecule has 1 nitrogen and oxygen atoms in total. The standard InChI is InChI=1S/C16H10Cl3N/c17-16(18,19)15-10-13(11-6-2-1-3-7-11)12-8-4-5-9-14(12)20-15/h1-10H. The summed E-state index contributed by atoms with van der Waals surface area (Å²) in [5.74, 6) is 0. The zero-order valence-corrected chi connectivity index (χ0v) is 12.6. The first-order valence-electron chi connectivity index (χ1n) is 6.08. The number of alkyl halides is 3. The van der Waals surface area contributed by atoms with Gasteiger partial charge in [0.05, 0.1) is 11.2 Å². The summed E-state index contributed by atoms with van der Waals surface area (Å²) >= 11 is 18.0. The van der Waals surface area contributed by atoms with Gasteiger partial charge in [-0.1, -0.05) is 83.3 Å². The highest BCUT2D eigenvalue weighted by Crippen LogP contribution is 2.40. The number of halogens is 3. The fourth-order valence-corrected chi connectivity index (χ4v) is 2.47. The van der Waals surface area contributed by atoms with Gasteiger partial charge in [-0.05, 0) is 23.3 Å². The Morgan fingerprint density at radius 2 is 1.45 bits per heavy atom. The van der Waals surface area contributed by atoms with Gasteiger partial charge >= 0.3 is 0 Å². The fraction of sp³-hybridized carbons (Fsp3) is 0.0625. The van der Waals surface area contributed by atoms with E-state index in [0.29, 0.717) is 5.69 Å². The summed E-state index contributed by atoms with van der Waals surface area (Å²) in [5, 5.41) is 1.04. The molecule has 0 saturated heterocycles. The molecule has 0 unspecified atom stereocenters. The summed E-state index contributed by atoms with van der Waals surface area (Å²) in [7, 11) is 0. The summed E-state index contributed by atoms with van der Waals surface area (Å²) in [6.07, 6.45) is 0. The summed E-state index contributed by atoms with van der Waals surface area (Å²) in [6.45, 7) is 0. The molecular formula is C16H10Cl3N. The minimum absolute atomic E-state index is 0.431. The van der Waals surface area contributed by atoms with Gasteiger partial charge in [0.1, 0.15) is 0 Å². The van der Waals surface area contributed by atoms with Gasteiger partial charge in [0, 0.05) is 5.39 Å². The van der Waals surface area contributed by atoms with Crippen molar-refractivity contribution in [2.45, 2.75) is 3.79 Å². The molecule has 0 aliphatic carbocycles. The van der Waals surface area contributed by atoms with Crippen LogP contribution in [0.15, 0.2) is 60.7 Å². The van der Waals surface area contributed by atoms with E-state index in [2.05, 4.69) is 4.98 Å². The van der Waals surface area contributed by atoms with Gasteiger partial charge in [-0.15, -0.1) is 0 Å². The lowest BCUT2D eigenvalue weighted by atomic mass is 10.0. The Hall–Kier alpha value is -1.28. The average Bonchev–Trinajstić information content (AvgIpc) is 2.46. The minimum Gasteiger partial charge on any atom is -0.248 e. The van der Waals surface area contributed by atoms with Gasteiger partial charge in [-0.3, -0.25) is 0 Å². The highest BCUT2D eigenvalue weighted by Gasteiger charge is 2.26. The van der Waals surface area contributed by atoms with Crippen LogP contribution < -0.4 is 0 Å². The van der Waals surface area contributed by atoms with Gasteiger partial charge in [0.2, 0.25) is 3.79 Å². The molecule has 0 amide bonds. The van der Waals surface area contributed by atoms with E-state index in [0.717, 1.165) is 22.0 Å². The van der Waals surface area contributed by atoms with Crippen molar-refractivity contribution < 1.29 is 0 Å². The quantitative estimate of drug-likeness (QED) is 0.521. The molecule has 100 valence electrons. The third-order valence-corrected chi connectivity index (χ3v) is 3.67. The number of benzene rings is 2. The predicted molar refractivity (Wildman–Crippen MR) is 86.4 cm³/mol. The van der Waals surface area contributed by atoms with Crippen LogP contribution in [-0.2, 0) is 3.79 Å². The number of pyridine rings is 1. The molecule has 2 aromatic carbocycles. The molecule has 0 aliphatic heterocycles. The Balaban J connectivity index is 2.34. The highest BCUT2D eigenvalue weighted by atomic mass is 35.6. The Morgan fingerprint density at radius 3 is 2.15 bits per heavy atom. The van der Waals surface area contributed by atoms with E-state index in [-0.39, 0.29) is 0 Å². The van der Waals surface area contributed by atoms with Crippen molar-refractivity contribution in [2.75, 3.05) is 0 Å². The van der Waals surface area contributed by atoms with E-state index in [1.807, 2.05) is 60.7 Å². The van der Waals surface area contributed by atoms with Gasteiger partial charge in [0.25, 0.3) is 0 Å². The number of hydrogen-bond acceptors (Lipinski definition) is 1. The van der Waals surface area contributed by atoms with Crippen molar-refractivity contribution in [2.24, 2.45) is 0 Å². The van der Waals surface area contributed by atoms with E-state index in [1.165, 1.54) is 0 Å². The van der Waals surface area contributed by atoms with Crippen LogP contribution in [0, 0.1) is 0 Å². The van der Waals surface area contributed by atoms with E-state index in [4.69, 9.17) is 34.8 Å². The first-order chi connectivity index (χ1) is 9.55. The van der Waals surface area contributed by atoms with Gasteiger partial charge in [0.15, 0.2) is 0 Å². The average molecular weight is 323 g/mol. The number of nitrogens with zero attached hydrogens (tertiary/aromatic N) is 1. The maximum Gasteiger partial charge on any atom is 0.232 e. The molecule has 0 saturated carbocycles. The third kappa shape index (κ3) is 2.62. The second-order valence-electron chi connectivity index (χ2n) is 4.44. The zero-order valence-electron chi connectivity index (χ0n) is 10.4. The number of aromatic nitrogens is 1. The molecular weight excluding hydrogens is 313 g/mol. The fourth-order valence-electron chi connectivity index (χ4n) is 2.18. The van der Waals surface area contributed by atoms with Crippen LogP contribution >= 0.6 is 34.8 Å². The van der Waals surface area contributed by atoms with Gasteiger partial charge in [-0.2, -0.15) is 0 Å². The first kappa shape index (κ1) is 13.7. The molecule has 1 heterocycles. The lowest BCUT2D eigenvalue weighted by Crippen LogP contribution is -2.04. The Bertz CT molecular complexity index is 749. The van der Waals surface area contributed by atoms with E-state index in [9.17, 15) is 0 Å². The van der Waals surface area contributed by atoms with Crippen molar-refractivity contribution in [3.63, 3.8) is 0 Å².